The number of sulfonamides is 1. The molecule has 0 saturated carbocycles. The van der Waals surface area contributed by atoms with Gasteiger partial charge in [-0.25, -0.2) is 12.7 Å². The van der Waals surface area contributed by atoms with Crippen LogP contribution in [0.2, 0.25) is 0 Å². The Bertz CT molecular complexity index is 590. The molecule has 2 aliphatic heterocycles. The Morgan fingerprint density at radius 2 is 1.57 bits per heavy atom. The molecule has 0 aromatic heterocycles. The molecule has 0 radical (unpaired) electrons. The van der Waals surface area contributed by atoms with Crippen LogP contribution in [0.15, 0.2) is 30.3 Å². The lowest BCUT2D eigenvalue weighted by atomic mass is 10.0. The summed E-state index contributed by atoms with van der Waals surface area (Å²) in [5, 5.41) is 0. The van der Waals surface area contributed by atoms with E-state index in [1.54, 1.807) is 4.31 Å². The van der Waals surface area contributed by atoms with Crippen LogP contribution >= 0.6 is 0 Å². The highest BCUT2D eigenvalue weighted by molar-refractivity contribution is 7.88. The Labute approximate surface area is 139 Å². The smallest absolute Gasteiger partial charge is 0.211 e. The van der Waals surface area contributed by atoms with E-state index < -0.39 is 10.0 Å². The zero-order valence-corrected chi connectivity index (χ0v) is 14.7. The molecule has 0 spiro atoms. The zero-order chi connectivity index (χ0) is 16.3. The second-order valence-corrected chi connectivity index (χ2v) is 8.67. The first-order chi connectivity index (χ1) is 11.0. The molecule has 23 heavy (non-hydrogen) atoms. The van der Waals surface area contributed by atoms with Gasteiger partial charge in [-0.15, -0.1) is 0 Å². The van der Waals surface area contributed by atoms with Crippen molar-refractivity contribution in [1.29, 1.82) is 0 Å². The predicted octanol–water partition coefficient (Wildman–Crippen LogP) is 1.23. The van der Waals surface area contributed by atoms with Gasteiger partial charge >= 0.3 is 0 Å². The molecule has 0 bridgehead atoms. The molecule has 6 heteroatoms. The summed E-state index contributed by atoms with van der Waals surface area (Å²) >= 11 is 0. The average Bonchev–Trinajstić information content (AvgIpc) is 2.56. The molecule has 128 valence electrons. The number of piperazine rings is 1. The molecule has 2 fully saturated rings. The van der Waals surface area contributed by atoms with Gasteiger partial charge in [0.25, 0.3) is 0 Å². The fraction of sp³-hybridized carbons (Fsp3) is 0.647. The van der Waals surface area contributed by atoms with Gasteiger partial charge in [0.15, 0.2) is 0 Å². The Morgan fingerprint density at radius 1 is 0.957 bits per heavy atom. The Balaban J connectivity index is 1.45. The van der Waals surface area contributed by atoms with E-state index in [2.05, 4.69) is 40.1 Å². The molecule has 3 rings (SSSR count). The van der Waals surface area contributed by atoms with E-state index >= 15 is 0 Å². The van der Waals surface area contributed by atoms with E-state index in [1.807, 2.05) is 0 Å². The number of benzene rings is 1. The molecule has 0 amide bonds. The normalized spacial score (nSPS) is 23.2. The molecule has 0 unspecified atom stereocenters. The van der Waals surface area contributed by atoms with Crippen molar-refractivity contribution in [3.05, 3.63) is 35.9 Å². The third kappa shape index (κ3) is 4.53. The van der Waals surface area contributed by atoms with E-state index in [0.29, 0.717) is 19.1 Å². The molecule has 1 aromatic carbocycles. The van der Waals surface area contributed by atoms with Crippen molar-refractivity contribution in [3.8, 4) is 0 Å². The molecule has 0 atom stereocenters. The minimum Gasteiger partial charge on any atom is -0.298 e. The molecule has 1 aromatic rings. The standard InChI is InChI=1S/C17H27N3O2S/c1-23(21,22)20-9-7-17(8-10-20)19-13-11-18(12-14-19)15-16-5-3-2-4-6-16/h2-6,17H,7-15H2,1H3. The van der Waals surface area contributed by atoms with E-state index in [0.717, 1.165) is 45.6 Å². The SMILES string of the molecule is CS(=O)(=O)N1CCC(N2CCN(Cc3ccccc3)CC2)CC1. The minimum atomic E-state index is -3.02. The lowest BCUT2D eigenvalue weighted by Crippen LogP contribution is -2.53. The van der Waals surface area contributed by atoms with E-state index in [1.165, 1.54) is 11.8 Å². The van der Waals surface area contributed by atoms with Crippen LogP contribution in [0.5, 0.6) is 0 Å². The fourth-order valence-corrected chi connectivity index (χ4v) is 4.54. The largest absolute Gasteiger partial charge is 0.298 e. The van der Waals surface area contributed by atoms with Gasteiger partial charge in [0, 0.05) is 51.9 Å². The second-order valence-electron chi connectivity index (χ2n) is 6.69. The Morgan fingerprint density at radius 3 is 2.13 bits per heavy atom. The molecule has 5 nitrogen and oxygen atoms in total. The maximum atomic E-state index is 11.6. The van der Waals surface area contributed by atoms with Gasteiger partial charge in [-0.2, -0.15) is 0 Å². The van der Waals surface area contributed by atoms with Crippen molar-refractivity contribution in [1.82, 2.24) is 14.1 Å². The average molecular weight is 337 g/mol. The third-order valence-electron chi connectivity index (χ3n) is 5.06. The number of rotatable bonds is 4. The van der Waals surface area contributed by atoms with Crippen molar-refractivity contribution in [3.63, 3.8) is 0 Å². The van der Waals surface area contributed by atoms with Gasteiger partial charge in [0.1, 0.15) is 0 Å². The fourth-order valence-electron chi connectivity index (χ4n) is 3.67. The van der Waals surface area contributed by atoms with Gasteiger partial charge < -0.3 is 0 Å². The highest BCUT2D eigenvalue weighted by Gasteiger charge is 2.30. The monoisotopic (exact) mass is 337 g/mol. The number of hydrogen-bond acceptors (Lipinski definition) is 4. The number of nitrogens with zero attached hydrogens (tertiary/aromatic N) is 3. The summed E-state index contributed by atoms with van der Waals surface area (Å²) in [5.41, 5.74) is 1.38. The predicted molar refractivity (Wildman–Crippen MR) is 92.7 cm³/mol. The maximum absolute atomic E-state index is 11.6. The summed E-state index contributed by atoms with van der Waals surface area (Å²) in [5.74, 6) is 0. The molecular formula is C17H27N3O2S. The first kappa shape index (κ1) is 16.9. The van der Waals surface area contributed by atoms with E-state index in [4.69, 9.17) is 0 Å². The van der Waals surface area contributed by atoms with Crippen molar-refractivity contribution in [2.75, 3.05) is 45.5 Å². The Hall–Kier alpha value is -0.950. The number of hydrogen-bond donors (Lipinski definition) is 0. The van der Waals surface area contributed by atoms with E-state index in [9.17, 15) is 8.42 Å². The lowest BCUT2D eigenvalue weighted by molar-refractivity contribution is 0.0695. The number of piperidine rings is 1. The third-order valence-corrected chi connectivity index (χ3v) is 6.37. The van der Waals surface area contributed by atoms with Gasteiger partial charge in [-0.1, -0.05) is 30.3 Å². The van der Waals surface area contributed by atoms with Gasteiger partial charge in [-0.05, 0) is 18.4 Å². The molecule has 2 saturated heterocycles. The van der Waals surface area contributed by atoms with Gasteiger partial charge in [0.2, 0.25) is 10.0 Å². The summed E-state index contributed by atoms with van der Waals surface area (Å²) in [6, 6.07) is 11.2. The summed E-state index contributed by atoms with van der Waals surface area (Å²) in [6.45, 7) is 6.76. The quantitative estimate of drug-likeness (QED) is 0.829. The van der Waals surface area contributed by atoms with Gasteiger partial charge in [-0.3, -0.25) is 9.80 Å². The maximum Gasteiger partial charge on any atom is 0.211 e. The Kier molecular flexibility index (Phi) is 5.36. The summed E-state index contributed by atoms with van der Waals surface area (Å²) in [4.78, 5) is 5.07. The summed E-state index contributed by atoms with van der Waals surface area (Å²) in [7, 11) is -3.02. The highest BCUT2D eigenvalue weighted by Crippen LogP contribution is 2.20. The first-order valence-corrected chi connectivity index (χ1v) is 10.3. The van der Waals surface area contributed by atoms with Crippen molar-refractivity contribution < 1.29 is 8.42 Å². The molecular weight excluding hydrogens is 310 g/mol. The van der Waals surface area contributed by atoms with Crippen LogP contribution in [0.25, 0.3) is 0 Å². The summed E-state index contributed by atoms with van der Waals surface area (Å²) in [6.07, 6.45) is 3.24. The topological polar surface area (TPSA) is 43.9 Å². The van der Waals surface area contributed by atoms with Crippen LogP contribution in [0.4, 0.5) is 0 Å². The first-order valence-electron chi connectivity index (χ1n) is 8.48. The minimum absolute atomic E-state index is 0.548. The van der Waals surface area contributed by atoms with Crippen LogP contribution in [0, 0.1) is 0 Å². The molecule has 2 aliphatic rings. The van der Waals surface area contributed by atoms with Crippen LogP contribution < -0.4 is 0 Å². The highest BCUT2D eigenvalue weighted by atomic mass is 32.2. The van der Waals surface area contributed by atoms with E-state index in [-0.39, 0.29) is 0 Å². The lowest BCUT2D eigenvalue weighted by Gasteiger charge is -2.42. The molecule has 0 aliphatic carbocycles. The van der Waals surface area contributed by atoms with Crippen molar-refractivity contribution >= 4 is 10.0 Å². The summed E-state index contributed by atoms with van der Waals surface area (Å²) < 4.78 is 24.8. The van der Waals surface area contributed by atoms with Crippen molar-refractivity contribution in [2.24, 2.45) is 0 Å². The van der Waals surface area contributed by atoms with Crippen molar-refractivity contribution in [2.45, 2.75) is 25.4 Å². The van der Waals surface area contributed by atoms with Crippen LogP contribution in [0.3, 0.4) is 0 Å². The zero-order valence-electron chi connectivity index (χ0n) is 13.9. The molecule has 0 N–H and O–H groups in total. The molecule has 2 heterocycles. The van der Waals surface area contributed by atoms with Crippen LogP contribution in [-0.4, -0.2) is 74.1 Å². The van der Waals surface area contributed by atoms with Gasteiger partial charge in [0.05, 0.1) is 6.26 Å². The van der Waals surface area contributed by atoms with Crippen LogP contribution in [0.1, 0.15) is 18.4 Å². The van der Waals surface area contributed by atoms with Crippen LogP contribution in [-0.2, 0) is 16.6 Å². The second kappa shape index (κ2) is 7.30.